The number of hydrogen-bond donors (Lipinski definition) is 1. The molecule has 2 aromatic rings. The Balaban J connectivity index is 1.84. The average Bonchev–Trinajstić information content (AvgIpc) is 2.98. The van der Waals surface area contributed by atoms with Gasteiger partial charge in [-0.1, -0.05) is 50.0 Å². The van der Waals surface area contributed by atoms with Crippen LogP contribution in [0.4, 0.5) is 11.4 Å². The largest absolute Gasteiger partial charge is 0.322 e. The Hall–Kier alpha value is -2.04. The van der Waals surface area contributed by atoms with Crippen molar-refractivity contribution in [1.29, 1.82) is 0 Å². The number of benzene rings is 2. The number of halogens is 2. The molecule has 136 valence electrons. The Labute approximate surface area is 163 Å². The molecule has 1 aliphatic heterocycles. The van der Waals surface area contributed by atoms with Crippen LogP contribution in [0.5, 0.6) is 0 Å². The number of hydrogen-bond acceptors (Lipinski definition) is 2. The molecule has 2 aromatic carbocycles. The normalized spacial score (nSPS) is 13.5. The van der Waals surface area contributed by atoms with Gasteiger partial charge in [-0.05, 0) is 42.3 Å². The van der Waals surface area contributed by atoms with Gasteiger partial charge in [-0.25, -0.2) is 0 Å². The summed E-state index contributed by atoms with van der Waals surface area (Å²) in [5.41, 5.74) is 2.56. The van der Waals surface area contributed by atoms with E-state index >= 15 is 0 Å². The van der Waals surface area contributed by atoms with Gasteiger partial charge in [0.15, 0.2) is 0 Å². The summed E-state index contributed by atoms with van der Waals surface area (Å²) in [5, 5.41) is 3.58. The topological polar surface area (TPSA) is 49.4 Å². The van der Waals surface area contributed by atoms with Crippen molar-refractivity contribution in [2.75, 3.05) is 16.8 Å². The van der Waals surface area contributed by atoms with Gasteiger partial charge >= 0.3 is 0 Å². The second-order valence-electron chi connectivity index (χ2n) is 7.38. The lowest BCUT2D eigenvalue weighted by Crippen LogP contribution is -2.38. The number of rotatable bonds is 2. The summed E-state index contributed by atoms with van der Waals surface area (Å²) in [6.07, 6.45) is 0.818. The summed E-state index contributed by atoms with van der Waals surface area (Å²) >= 11 is 11.9. The smallest absolute Gasteiger partial charge is 0.255 e. The fourth-order valence-electron chi connectivity index (χ4n) is 2.91. The number of carbonyl (C=O) groups is 2. The SMILES string of the molecule is CC(C)(C)C(=O)N1CCc2ccc(NC(=O)c3ccc(Cl)c(Cl)c3)cc21. The molecule has 0 saturated heterocycles. The second kappa shape index (κ2) is 6.93. The number of nitrogens with zero attached hydrogens (tertiary/aromatic N) is 1. The first-order valence-electron chi connectivity index (χ1n) is 8.38. The molecule has 1 aliphatic rings. The van der Waals surface area contributed by atoms with E-state index in [2.05, 4.69) is 5.32 Å². The maximum Gasteiger partial charge on any atom is 0.255 e. The van der Waals surface area contributed by atoms with Crippen LogP contribution in [0, 0.1) is 5.41 Å². The predicted molar refractivity (Wildman–Crippen MR) is 106 cm³/mol. The number of amides is 2. The van der Waals surface area contributed by atoms with Crippen molar-refractivity contribution in [3.05, 3.63) is 57.6 Å². The molecule has 0 aromatic heterocycles. The molecule has 0 spiro atoms. The lowest BCUT2D eigenvalue weighted by molar-refractivity contribution is -0.125. The van der Waals surface area contributed by atoms with Crippen LogP contribution in [-0.4, -0.2) is 18.4 Å². The first-order chi connectivity index (χ1) is 12.2. The van der Waals surface area contributed by atoms with Crippen LogP contribution in [-0.2, 0) is 11.2 Å². The van der Waals surface area contributed by atoms with E-state index in [9.17, 15) is 9.59 Å². The fourth-order valence-corrected chi connectivity index (χ4v) is 3.21. The zero-order chi connectivity index (χ0) is 19.1. The van der Waals surface area contributed by atoms with Crippen molar-refractivity contribution >= 4 is 46.4 Å². The van der Waals surface area contributed by atoms with Crippen LogP contribution >= 0.6 is 23.2 Å². The molecule has 2 amide bonds. The molecule has 0 radical (unpaired) electrons. The van der Waals surface area contributed by atoms with Crippen molar-refractivity contribution in [2.24, 2.45) is 5.41 Å². The number of fused-ring (bicyclic) bond motifs is 1. The van der Waals surface area contributed by atoms with Gasteiger partial charge in [0.05, 0.1) is 10.0 Å². The van der Waals surface area contributed by atoms with Gasteiger partial charge in [-0.15, -0.1) is 0 Å². The van der Waals surface area contributed by atoms with Crippen molar-refractivity contribution in [1.82, 2.24) is 0 Å². The van der Waals surface area contributed by atoms with Gasteiger partial charge in [0.1, 0.15) is 0 Å². The third-order valence-corrected chi connectivity index (χ3v) is 5.05. The lowest BCUT2D eigenvalue weighted by Gasteiger charge is -2.26. The minimum absolute atomic E-state index is 0.0733. The average molecular weight is 391 g/mol. The highest BCUT2D eigenvalue weighted by Gasteiger charge is 2.32. The highest BCUT2D eigenvalue weighted by atomic mass is 35.5. The predicted octanol–water partition coefficient (Wildman–Crippen LogP) is 5.18. The molecule has 4 nitrogen and oxygen atoms in total. The van der Waals surface area contributed by atoms with E-state index < -0.39 is 5.41 Å². The van der Waals surface area contributed by atoms with Crippen LogP contribution in [0.25, 0.3) is 0 Å². The van der Waals surface area contributed by atoms with Crippen LogP contribution < -0.4 is 10.2 Å². The van der Waals surface area contributed by atoms with Crippen LogP contribution in [0.1, 0.15) is 36.7 Å². The third-order valence-electron chi connectivity index (χ3n) is 4.31. The fraction of sp³-hybridized carbons (Fsp3) is 0.300. The summed E-state index contributed by atoms with van der Waals surface area (Å²) in [6.45, 7) is 6.38. The Morgan fingerprint density at radius 3 is 2.42 bits per heavy atom. The molecule has 1 N–H and O–H groups in total. The minimum Gasteiger partial charge on any atom is -0.322 e. The van der Waals surface area contributed by atoms with E-state index in [1.54, 1.807) is 17.0 Å². The number of nitrogens with one attached hydrogen (secondary N) is 1. The molecule has 0 bridgehead atoms. The summed E-state index contributed by atoms with van der Waals surface area (Å²) in [6, 6.07) is 10.4. The van der Waals surface area contributed by atoms with E-state index in [1.807, 2.05) is 39.0 Å². The summed E-state index contributed by atoms with van der Waals surface area (Å²) < 4.78 is 0. The van der Waals surface area contributed by atoms with Gasteiger partial charge in [-0.2, -0.15) is 0 Å². The van der Waals surface area contributed by atoms with Crippen LogP contribution in [0.15, 0.2) is 36.4 Å². The van der Waals surface area contributed by atoms with Gasteiger partial charge < -0.3 is 10.2 Å². The van der Waals surface area contributed by atoms with E-state index in [4.69, 9.17) is 23.2 Å². The van der Waals surface area contributed by atoms with E-state index in [-0.39, 0.29) is 11.8 Å². The van der Waals surface area contributed by atoms with E-state index in [0.29, 0.717) is 27.8 Å². The first kappa shape index (κ1) is 18.7. The Kier molecular flexibility index (Phi) is 5.00. The maximum absolute atomic E-state index is 12.7. The number of carbonyl (C=O) groups excluding carboxylic acids is 2. The van der Waals surface area contributed by atoms with Crippen molar-refractivity contribution in [2.45, 2.75) is 27.2 Å². The maximum atomic E-state index is 12.7. The third kappa shape index (κ3) is 3.71. The quantitative estimate of drug-likeness (QED) is 0.767. The highest BCUT2D eigenvalue weighted by Crippen LogP contribution is 2.34. The molecule has 1 heterocycles. The Bertz CT molecular complexity index is 888. The Morgan fingerprint density at radius 1 is 1.04 bits per heavy atom. The van der Waals surface area contributed by atoms with E-state index in [0.717, 1.165) is 17.7 Å². The molecule has 0 aliphatic carbocycles. The van der Waals surface area contributed by atoms with E-state index in [1.165, 1.54) is 6.07 Å². The molecule has 0 saturated carbocycles. The standard InChI is InChI=1S/C20H20Cl2N2O2/c1-20(2,3)19(26)24-9-8-12-4-6-14(11-17(12)24)23-18(25)13-5-7-15(21)16(22)10-13/h4-7,10-11H,8-9H2,1-3H3,(H,23,25). The van der Waals surface area contributed by atoms with Crippen LogP contribution in [0.2, 0.25) is 10.0 Å². The highest BCUT2D eigenvalue weighted by molar-refractivity contribution is 6.42. The number of anilines is 2. The molecule has 6 heteroatoms. The molecule has 3 rings (SSSR count). The monoisotopic (exact) mass is 390 g/mol. The van der Waals surface area contributed by atoms with Gasteiger partial charge in [-0.3, -0.25) is 9.59 Å². The molecule has 0 fully saturated rings. The molecule has 0 unspecified atom stereocenters. The Morgan fingerprint density at radius 2 is 1.77 bits per heavy atom. The van der Waals surface area contributed by atoms with Crippen molar-refractivity contribution in [3.8, 4) is 0 Å². The molecule has 0 atom stereocenters. The second-order valence-corrected chi connectivity index (χ2v) is 8.20. The lowest BCUT2D eigenvalue weighted by atomic mass is 9.94. The van der Waals surface area contributed by atoms with Gasteiger partial charge in [0.2, 0.25) is 5.91 Å². The zero-order valence-corrected chi connectivity index (χ0v) is 16.4. The van der Waals surface area contributed by atoms with Gasteiger partial charge in [0.25, 0.3) is 5.91 Å². The molecular formula is C20H20Cl2N2O2. The summed E-state index contributed by atoms with van der Waals surface area (Å²) in [7, 11) is 0. The molecular weight excluding hydrogens is 371 g/mol. The first-order valence-corrected chi connectivity index (χ1v) is 9.14. The summed E-state index contributed by atoms with van der Waals surface area (Å²) in [4.78, 5) is 26.9. The van der Waals surface area contributed by atoms with Crippen molar-refractivity contribution in [3.63, 3.8) is 0 Å². The van der Waals surface area contributed by atoms with Crippen LogP contribution in [0.3, 0.4) is 0 Å². The van der Waals surface area contributed by atoms with Gasteiger partial charge in [0, 0.05) is 28.9 Å². The molecule has 26 heavy (non-hydrogen) atoms. The van der Waals surface area contributed by atoms with Crippen molar-refractivity contribution < 1.29 is 9.59 Å². The summed E-state index contributed by atoms with van der Waals surface area (Å²) in [5.74, 6) is -0.209. The minimum atomic E-state index is -0.457. The zero-order valence-electron chi connectivity index (χ0n) is 14.9.